The van der Waals surface area contributed by atoms with E-state index in [9.17, 15) is 9.90 Å². The molecule has 1 atom stereocenters. The van der Waals surface area contributed by atoms with Gasteiger partial charge in [0.1, 0.15) is 0 Å². The van der Waals surface area contributed by atoms with Crippen LogP contribution in [0.15, 0.2) is 69.4 Å². The monoisotopic (exact) mass is 315 g/mol. The van der Waals surface area contributed by atoms with E-state index >= 15 is 0 Å². The zero-order valence-corrected chi connectivity index (χ0v) is 12.9. The fourth-order valence-electron chi connectivity index (χ4n) is 1.80. The first kappa shape index (κ1) is 15.4. The van der Waals surface area contributed by atoms with Crippen molar-refractivity contribution in [1.29, 1.82) is 0 Å². The highest BCUT2D eigenvalue weighted by Gasteiger charge is 2.34. The minimum Gasteiger partial charge on any atom is -0.479 e. The second-order valence-electron chi connectivity index (χ2n) is 4.52. The average Bonchev–Trinajstić information content (AvgIpc) is 2.49. The van der Waals surface area contributed by atoms with Crippen LogP contribution in [0.5, 0.6) is 0 Å². The highest BCUT2D eigenvalue weighted by molar-refractivity contribution is 7.99. The molecule has 0 aliphatic rings. The fourth-order valence-corrected chi connectivity index (χ4v) is 2.82. The van der Waals surface area contributed by atoms with Gasteiger partial charge in [0, 0.05) is 9.79 Å². The van der Waals surface area contributed by atoms with Crippen molar-refractivity contribution in [3.05, 3.63) is 60.2 Å². The van der Waals surface area contributed by atoms with Crippen molar-refractivity contribution in [2.75, 3.05) is 0 Å². The van der Waals surface area contributed by atoms with Gasteiger partial charge in [-0.05, 0) is 49.0 Å². The summed E-state index contributed by atoms with van der Waals surface area (Å²) in [5.41, 5.74) is -0.817. The highest BCUT2D eigenvalue weighted by atomic mass is 32.2. The molecule has 0 amide bonds. The molecule has 0 unspecified atom stereocenters. The van der Waals surface area contributed by atoms with Crippen molar-refractivity contribution >= 4 is 35.1 Å². The fraction of sp³-hybridized carbons (Fsp3) is 0.125. The quantitative estimate of drug-likeness (QED) is 0.662. The molecule has 0 aromatic heterocycles. The van der Waals surface area contributed by atoms with Crippen LogP contribution in [0.25, 0.3) is 0 Å². The van der Waals surface area contributed by atoms with Gasteiger partial charge in [-0.2, -0.15) is 0 Å². The van der Waals surface area contributed by atoms with Crippen LogP contribution in [0.2, 0.25) is 0 Å². The second kappa shape index (κ2) is 6.68. The summed E-state index contributed by atoms with van der Waals surface area (Å²) in [4.78, 5) is 17.4. The summed E-state index contributed by atoms with van der Waals surface area (Å²) >= 11 is 6.16. The third-order valence-electron chi connectivity index (χ3n) is 3.08. The minimum atomic E-state index is -1.39. The van der Waals surface area contributed by atoms with Crippen molar-refractivity contribution in [2.24, 2.45) is 4.99 Å². The molecular formula is C16H13NO2S2. The largest absolute Gasteiger partial charge is 0.479 e. The molecule has 106 valence electrons. The average molecular weight is 315 g/mol. The summed E-state index contributed by atoms with van der Waals surface area (Å²) in [6, 6.07) is 17.3. The van der Waals surface area contributed by atoms with Gasteiger partial charge in [-0.25, -0.2) is 9.79 Å². The summed E-state index contributed by atoms with van der Waals surface area (Å²) in [6.45, 7) is 1.51. The maximum absolute atomic E-state index is 11.4. The highest BCUT2D eigenvalue weighted by Crippen LogP contribution is 2.31. The summed E-state index contributed by atoms with van der Waals surface area (Å²) in [5.74, 6) is -1.05. The molecule has 2 aromatic carbocycles. The molecule has 0 spiro atoms. The third kappa shape index (κ3) is 3.58. The number of nitrogens with zero attached hydrogens (tertiary/aromatic N) is 1. The topological polar surface area (TPSA) is 49.7 Å². The predicted molar refractivity (Wildman–Crippen MR) is 87.0 cm³/mol. The number of carboxylic acid groups (broad SMARTS) is 1. The number of hydrogen-bond acceptors (Lipinski definition) is 4. The first-order chi connectivity index (χ1) is 10.1. The molecule has 0 aliphatic carbocycles. The first-order valence-electron chi connectivity index (χ1n) is 6.22. The van der Waals surface area contributed by atoms with Gasteiger partial charge in [-0.15, -0.1) is 0 Å². The molecule has 0 saturated heterocycles. The summed E-state index contributed by atoms with van der Waals surface area (Å²) in [6.07, 6.45) is 0. The van der Waals surface area contributed by atoms with Gasteiger partial charge < -0.3 is 5.11 Å². The van der Waals surface area contributed by atoms with Crippen LogP contribution in [0.1, 0.15) is 12.5 Å². The molecule has 2 rings (SSSR count). The molecule has 2 aromatic rings. The number of isothiocyanates is 1. The van der Waals surface area contributed by atoms with E-state index in [1.807, 2.05) is 42.5 Å². The molecule has 21 heavy (non-hydrogen) atoms. The zero-order chi connectivity index (χ0) is 15.3. The second-order valence-corrected chi connectivity index (χ2v) is 5.85. The van der Waals surface area contributed by atoms with E-state index in [0.717, 1.165) is 9.79 Å². The molecule has 0 saturated carbocycles. The molecule has 1 N–H and O–H groups in total. The van der Waals surface area contributed by atoms with Crippen molar-refractivity contribution in [1.82, 2.24) is 0 Å². The van der Waals surface area contributed by atoms with Gasteiger partial charge in [0.15, 0.2) is 5.54 Å². The van der Waals surface area contributed by atoms with Gasteiger partial charge in [0.25, 0.3) is 0 Å². The van der Waals surface area contributed by atoms with E-state index in [1.54, 1.807) is 23.9 Å². The SMILES string of the molecule is C[C@](N=C=S)(C(=O)O)c1ccc(Sc2ccccc2)cc1. The molecule has 0 fully saturated rings. The lowest BCUT2D eigenvalue weighted by atomic mass is 9.93. The molecule has 0 radical (unpaired) electrons. The number of benzene rings is 2. The number of rotatable bonds is 5. The lowest BCUT2D eigenvalue weighted by Crippen LogP contribution is -2.29. The van der Waals surface area contributed by atoms with Gasteiger partial charge in [0.05, 0.1) is 5.16 Å². The number of aliphatic carboxylic acids is 1. The summed E-state index contributed by atoms with van der Waals surface area (Å²) in [5, 5.41) is 11.5. The Kier molecular flexibility index (Phi) is 4.91. The number of hydrogen-bond donors (Lipinski definition) is 1. The van der Waals surface area contributed by atoms with E-state index in [2.05, 4.69) is 22.4 Å². The maximum atomic E-state index is 11.4. The van der Waals surface area contributed by atoms with E-state index in [0.29, 0.717) is 5.56 Å². The zero-order valence-electron chi connectivity index (χ0n) is 11.3. The molecule has 3 nitrogen and oxygen atoms in total. The normalized spacial score (nSPS) is 13.0. The number of aliphatic imine (C=N–C) groups is 1. The Morgan fingerprint density at radius 1 is 1.14 bits per heavy atom. The standard InChI is InChI=1S/C16H13NO2S2/c1-16(15(18)19,17-11-20)12-7-9-14(10-8-12)21-13-5-3-2-4-6-13/h2-10H,1H3,(H,18,19)/t16-/m1/s1. The van der Waals surface area contributed by atoms with Crippen molar-refractivity contribution < 1.29 is 9.90 Å². The van der Waals surface area contributed by atoms with Crippen LogP contribution in [0, 0.1) is 0 Å². The minimum absolute atomic E-state index is 0.574. The lowest BCUT2D eigenvalue weighted by molar-refractivity contribution is -0.142. The smallest absolute Gasteiger partial charge is 0.336 e. The summed E-state index contributed by atoms with van der Waals surface area (Å²) in [7, 11) is 0. The first-order valence-corrected chi connectivity index (χ1v) is 7.44. The van der Waals surface area contributed by atoms with E-state index in [1.165, 1.54) is 6.92 Å². The molecule has 0 bridgehead atoms. The maximum Gasteiger partial charge on any atom is 0.336 e. The number of carbonyl (C=O) groups is 1. The van der Waals surface area contributed by atoms with Crippen LogP contribution in [0.4, 0.5) is 0 Å². The van der Waals surface area contributed by atoms with E-state index in [4.69, 9.17) is 0 Å². The molecular weight excluding hydrogens is 302 g/mol. The molecule has 5 heteroatoms. The Morgan fingerprint density at radius 3 is 2.24 bits per heavy atom. The van der Waals surface area contributed by atoms with Gasteiger partial charge in [0.2, 0.25) is 0 Å². The van der Waals surface area contributed by atoms with Crippen LogP contribution >= 0.6 is 24.0 Å². The van der Waals surface area contributed by atoms with Crippen LogP contribution in [0.3, 0.4) is 0 Å². The van der Waals surface area contributed by atoms with Crippen LogP contribution in [-0.2, 0) is 10.3 Å². The van der Waals surface area contributed by atoms with Crippen LogP contribution < -0.4 is 0 Å². The van der Waals surface area contributed by atoms with E-state index in [-0.39, 0.29) is 0 Å². The summed E-state index contributed by atoms with van der Waals surface area (Å²) < 4.78 is 0. The van der Waals surface area contributed by atoms with Gasteiger partial charge >= 0.3 is 5.97 Å². The van der Waals surface area contributed by atoms with Crippen molar-refractivity contribution in [3.63, 3.8) is 0 Å². The molecule has 0 aliphatic heterocycles. The third-order valence-corrected chi connectivity index (χ3v) is 4.19. The lowest BCUT2D eigenvalue weighted by Gasteiger charge is -2.19. The Bertz CT molecular complexity index is 675. The number of thiocarbonyl (C=S) groups is 1. The molecule has 0 heterocycles. The van der Waals surface area contributed by atoms with Crippen LogP contribution in [-0.4, -0.2) is 16.2 Å². The Morgan fingerprint density at radius 2 is 1.71 bits per heavy atom. The van der Waals surface area contributed by atoms with E-state index < -0.39 is 11.5 Å². The van der Waals surface area contributed by atoms with Gasteiger partial charge in [-0.3, -0.25) is 0 Å². The van der Waals surface area contributed by atoms with Gasteiger partial charge in [-0.1, -0.05) is 42.1 Å². The van der Waals surface area contributed by atoms with Crippen molar-refractivity contribution in [2.45, 2.75) is 22.3 Å². The number of carboxylic acids is 1. The Balaban J connectivity index is 2.26. The van der Waals surface area contributed by atoms with Crippen molar-refractivity contribution in [3.8, 4) is 0 Å². The predicted octanol–water partition coefficient (Wildman–Crippen LogP) is 4.24. The Hall–Kier alpha value is -1.94. The Labute approximate surface area is 132 Å².